The third-order valence-corrected chi connectivity index (χ3v) is 5.97. The highest BCUT2D eigenvalue weighted by Gasteiger charge is 2.35. The molecule has 30 heavy (non-hydrogen) atoms. The summed E-state index contributed by atoms with van der Waals surface area (Å²) in [6, 6.07) is 11.2. The molecule has 0 bridgehead atoms. The minimum atomic E-state index is -0.319. The van der Waals surface area contributed by atoms with Gasteiger partial charge in [0.1, 0.15) is 0 Å². The Balaban J connectivity index is 1.84. The van der Waals surface area contributed by atoms with Gasteiger partial charge in [-0.25, -0.2) is 0 Å². The molecule has 0 N–H and O–H groups in total. The lowest BCUT2D eigenvalue weighted by atomic mass is 10.1. The first kappa shape index (κ1) is 22.2. The number of hydrogen-bond donors (Lipinski definition) is 0. The lowest BCUT2D eigenvalue weighted by Crippen LogP contribution is -2.27. The summed E-state index contributed by atoms with van der Waals surface area (Å²) in [4.78, 5) is 26.8. The number of imide groups is 1. The first-order valence-corrected chi connectivity index (χ1v) is 10.9. The Morgan fingerprint density at radius 3 is 2.53 bits per heavy atom. The normalized spacial score (nSPS) is 16.3. The van der Waals surface area contributed by atoms with Gasteiger partial charge in [-0.1, -0.05) is 48.4 Å². The number of ether oxygens (including phenoxy) is 2. The van der Waals surface area contributed by atoms with Crippen molar-refractivity contribution in [2.45, 2.75) is 39.8 Å². The number of hydrogen-bond acceptors (Lipinski definition) is 5. The summed E-state index contributed by atoms with van der Waals surface area (Å²) in [5.41, 5.74) is 2.69. The van der Waals surface area contributed by atoms with E-state index in [9.17, 15) is 9.59 Å². The second-order valence-electron chi connectivity index (χ2n) is 7.12. The second kappa shape index (κ2) is 9.58. The Morgan fingerprint density at radius 1 is 1.20 bits per heavy atom. The summed E-state index contributed by atoms with van der Waals surface area (Å²) < 4.78 is 11.3. The Hall–Kier alpha value is -2.44. The van der Waals surface area contributed by atoms with Crippen molar-refractivity contribution in [3.05, 3.63) is 63.0 Å². The van der Waals surface area contributed by atoms with Gasteiger partial charge in [-0.2, -0.15) is 0 Å². The summed E-state index contributed by atoms with van der Waals surface area (Å²) in [6.45, 7) is 6.21. The summed E-state index contributed by atoms with van der Waals surface area (Å²) in [6.07, 6.45) is 2.47. The van der Waals surface area contributed by atoms with Gasteiger partial charge in [0, 0.05) is 0 Å². The number of aryl methyl sites for hydroxylation is 1. The fourth-order valence-corrected chi connectivity index (χ4v) is 3.99. The van der Waals surface area contributed by atoms with Crippen LogP contribution in [0.25, 0.3) is 6.08 Å². The highest BCUT2D eigenvalue weighted by atomic mass is 35.5. The first-order valence-electron chi connectivity index (χ1n) is 9.67. The number of halogens is 1. The standard InChI is InChI=1S/C23H24ClNO4S/c1-5-15(3)29-21-18(24)10-17(11-19(21)28-4)12-20-22(26)25(23(27)30-20)13-16-8-6-14(2)7-9-16/h6-12,15H,5,13H2,1-4H3/b20-12-/t15-/m1/s1. The van der Waals surface area contributed by atoms with E-state index in [0.717, 1.165) is 29.3 Å². The van der Waals surface area contributed by atoms with E-state index in [0.29, 0.717) is 27.0 Å². The lowest BCUT2D eigenvalue weighted by molar-refractivity contribution is -0.123. The zero-order valence-electron chi connectivity index (χ0n) is 17.4. The minimum Gasteiger partial charge on any atom is -0.493 e. The van der Waals surface area contributed by atoms with Gasteiger partial charge in [0.05, 0.1) is 29.7 Å². The number of carbonyl (C=O) groups excluding carboxylic acids is 2. The van der Waals surface area contributed by atoms with Crippen LogP contribution in [0.1, 0.15) is 37.0 Å². The van der Waals surface area contributed by atoms with Crippen LogP contribution in [0, 0.1) is 6.92 Å². The average molecular weight is 446 g/mol. The van der Waals surface area contributed by atoms with E-state index in [1.54, 1.807) is 18.2 Å². The average Bonchev–Trinajstić information content (AvgIpc) is 2.98. The molecular formula is C23H24ClNO4S. The molecule has 2 aromatic rings. The molecule has 1 fully saturated rings. The number of carbonyl (C=O) groups is 2. The smallest absolute Gasteiger partial charge is 0.293 e. The van der Waals surface area contributed by atoms with Crippen molar-refractivity contribution in [1.82, 2.24) is 4.90 Å². The quantitative estimate of drug-likeness (QED) is 0.484. The molecule has 1 saturated heterocycles. The number of thioether (sulfide) groups is 1. The minimum absolute atomic E-state index is 0.0134. The van der Waals surface area contributed by atoms with E-state index in [2.05, 4.69) is 0 Å². The molecule has 7 heteroatoms. The maximum Gasteiger partial charge on any atom is 0.293 e. The summed E-state index contributed by atoms with van der Waals surface area (Å²) in [7, 11) is 1.54. The van der Waals surface area contributed by atoms with Crippen molar-refractivity contribution in [3.8, 4) is 11.5 Å². The third-order valence-electron chi connectivity index (χ3n) is 4.78. The van der Waals surface area contributed by atoms with Crippen LogP contribution in [-0.4, -0.2) is 29.3 Å². The highest BCUT2D eigenvalue weighted by Crippen LogP contribution is 2.39. The molecule has 3 rings (SSSR count). The van der Waals surface area contributed by atoms with E-state index in [4.69, 9.17) is 21.1 Å². The molecule has 0 aromatic heterocycles. The van der Waals surface area contributed by atoms with Crippen molar-refractivity contribution in [1.29, 1.82) is 0 Å². The van der Waals surface area contributed by atoms with Crippen molar-refractivity contribution in [2.75, 3.05) is 7.11 Å². The van der Waals surface area contributed by atoms with Gasteiger partial charge >= 0.3 is 0 Å². The molecule has 1 atom stereocenters. The van der Waals surface area contributed by atoms with E-state index in [1.165, 1.54) is 12.0 Å². The van der Waals surface area contributed by atoms with E-state index >= 15 is 0 Å². The summed E-state index contributed by atoms with van der Waals surface area (Å²) in [5.74, 6) is 0.631. The topological polar surface area (TPSA) is 55.8 Å². The van der Waals surface area contributed by atoms with Crippen molar-refractivity contribution in [3.63, 3.8) is 0 Å². The molecule has 0 unspecified atom stereocenters. The van der Waals surface area contributed by atoms with Crippen molar-refractivity contribution < 1.29 is 19.1 Å². The van der Waals surface area contributed by atoms with E-state index in [-0.39, 0.29) is 23.8 Å². The molecule has 1 heterocycles. The predicted molar refractivity (Wildman–Crippen MR) is 121 cm³/mol. The van der Waals surface area contributed by atoms with Crippen LogP contribution in [-0.2, 0) is 11.3 Å². The van der Waals surface area contributed by atoms with Gasteiger partial charge in [-0.05, 0) is 61.4 Å². The zero-order valence-corrected chi connectivity index (χ0v) is 19.0. The van der Waals surface area contributed by atoms with Crippen LogP contribution in [0.15, 0.2) is 41.3 Å². The first-order chi connectivity index (χ1) is 14.3. The number of methoxy groups -OCH3 is 1. The molecule has 2 aromatic carbocycles. The fourth-order valence-electron chi connectivity index (χ4n) is 2.89. The summed E-state index contributed by atoms with van der Waals surface area (Å²) in [5, 5.41) is 0.0985. The van der Waals surface area contributed by atoms with Crippen LogP contribution in [0.2, 0.25) is 5.02 Å². The molecule has 1 aliphatic rings. The number of rotatable bonds is 7. The van der Waals surface area contributed by atoms with Crippen LogP contribution < -0.4 is 9.47 Å². The van der Waals surface area contributed by atoms with Gasteiger partial charge in [-0.15, -0.1) is 0 Å². The molecule has 0 radical (unpaired) electrons. The number of nitrogens with zero attached hydrogens (tertiary/aromatic N) is 1. The van der Waals surface area contributed by atoms with Crippen molar-refractivity contribution >= 4 is 40.6 Å². The van der Waals surface area contributed by atoms with Gasteiger partial charge in [-0.3, -0.25) is 14.5 Å². The molecule has 0 saturated carbocycles. The van der Waals surface area contributed by atoms with Gasteiger partial charge in [0.25, 0.3) is 11.1 Å². The molecule has 158 valence electrons. The molecule has 5 nitrogen and oxygen atoms in total. The van der Waals surface area contributed by atoms with Crippen LogP contribution in [0.3, 0.4) is 0 Å². The van der Waals surface area contributed by atoms with Crippen LogP contribution in [0.5, 0.6) is 11.5 Å². The maximum atomic E-state index is 12.8. The maximum absolute atomic E-state index is 12.8. The van der Waals surface area contributed by atoms with Crippen LogP contribution >= 0.6 is 23.4 Å². The molecule has 2 amide bonds. The van der Waals surface area contributed by atoms with E-state index in [1.807, 2.05) is 45.0 Å². The lowest BCUT2D eigenvalue weighted by Gasteiger charge is -2.17. The molecule has 0 aliphatic carbocycles. The van der Waals surface area contributed by atoms with Gasteiger partial charge in [0.15, 0.2) is 11.5 Å². The van der Waals surface area contributed by atoms with E-state index < -0.39 is 0 Å². The fraction of sp³-hybridized carbons (Fsp3) is 0.304. The number of benzene rings is 2. The monoisotopic (exact) mass is 445 g/mol. The molecule has 1 aliphatic heterocycles. The Bertz CT molecular complexity index is 987. The zero-order chi connectivity index (χ0) is 21.8. The summed E-state index contributed by atoms with van der Waals surface area (Å²) >= 11 is 7.33. The Kier molecular flexibility index (Phi) is 7.10. The molecular weight excluding hydrogens is 422 g/mol. The van der Waals surface area contributed by atoms with Gasteiger partial charge < -0.3 is 9.47 Å². The number of amides is 2. The highest BCUT2D eigenvalue weighted by molar-refractivity contribution is 8.18. The second-order valence-corrected chi connectivity index (χ2v) is 8.52. The van der Waals surface area contributed by atoms with Crippen LogP contribution in [0.4, 0.5) is 4.79 Å². The van der Waals surface area contributed by atoms with Crippen molar-refractivity contribution in [2.24, 2.45) is 0 Å². The predicted octanol–water partition coefficient (Wildman–Crippen LogP) is 6.07. The Morgan fingerprint density at radius 2 is 1.90 bits per heavy atom. The molecule has 0 spiro atoms. The third kappa shape index (κ3) is 4.99. The Labute approximate surface area is 186 Å². The van der Waals surface area contributed by atoms with Gasteiger partial charge in [0.2, 0.25) is 0 Å². The SMILES string of the molecule is CC[C@@H](C)Oc1c(Cl)cc(/C=C2\SC(=O)N(Cc3ccc(C)cc3)C2=O)cc1OC. The largest absolute Gasteiger partial charge is 0.493 e.